The van der Waals surface area contributed by atoms with Crippen LogP contribution in [0.1, 0.15) is 18.4 Å². The van der Waals surface area contributed by atoms with E-state index in [0.29, 0.717) is 6.47 Å². The summed E-state index contributed by atoms with van der Waals surface area (Å²) >= 11 is 0. The fourth-order valence-electron chi connectivity index (χ4n) is 1.97. The Labute approximate surface area is 89.7 Å². The van der Waals surface area contributed by atoms with Gasteiger partial charge in [-0.15, -0.1) is 0 Å². The van der Waals surface area contributed by atoms with Crippen molar-refractivity contribution in [3.8, 4) is 0 Å². The van der Waals surface area contributed by atoms with E-state index in [-0.39, 0.29) is 6.23 Å². The summed E-state index contributed by atoms with van der Waals surface area (Å²) in [5.74, 6) is 0. The summed E-state index contributed by atoms with van der Waals surface area (Å²) < 4.78 is 5.05. The van der Waals surface area contributed by atoms with Crippen LogP contribution in [0.25, 0.3) is 0 Å². The molecule has 0 spiro atoms. The smallest absolute Gasteiger partial charge is 0.295 e. The van der Waals surface area contributed by atoms with Gasteiger partial charge in [-0.1, -0.05) is 17.7 Å². The van der Waals surface area contributed by atoms with Gasteiger partial charge < -0.3 is 9.64 Å². The first-order valence-corrected chi connectivity index (χ1v) is 5.23. The third-order valence-corrected chi connectivity index (χ3v) is 2.78. The molecule has 1 aliphatic heterocycles. The van der Waals surface area contributed by atoms with Crippen LogP contribution in [0.15, 0.2) is 24.3 Å². The topological polar surface area (TPSA) is 29.5 Å². The number of benzene rings is 1. The monoisotopic (exact) mass is 205 g/mol. The SMILES string of the molecule is Cc1ccc(N2CCC[C@@H]2OC=O)cc1. The number of carbonyl (C=O) groups is 1. The minimum Gasteiger partial charge on any atom is -0.444 e. The molecule has 3 heteroatoms. The van der Waals surface area contributed by atoms with Gasteiger partial charge >= 0.3 is 0 Å². The lowest BCUT2D eigenvalue weighted by molar-refractivity contribution is -0.133. The molecule has 0 unspecified atom stereocenters. The predicted molar refractivity (Wildman–Crippen MR) is 58.7 cm³/mol. The quantitative estimate of drug-likeness (QED) is 0.708. The first-order valence-electron chi connectivity index (χ1n) is 5.23. The normalized spacial score (nSPS) is 20.3. The molecule has 0 saturated carbocycles. The molecular formula is C12H15NO2. The molecule has 0 aliphatic carbocycles. The van der Waals surface area contributed by atoms with Crippen LogP contribution < -0.4 is 4.90 Å². The van der Waals surface area contributed by atoms with Gasteiger partial charge in [0.2, 0.25) is 0 Å². The summed E-state index contributed by atoms with van der Waals surface area (Å²) in [6.07, 6.45) is 1.92. The molecule has 3 nitrogen and oxygen atoms in total. The highest BCUT2D eigenvalue weighted by Crippen LogP contribution is 2.25. The molecule has 2 rings (SSSR count). The molecule has 1 fully saturated rings. The summed E-state index contributed by atoms with van der Waals surface area (Å²) in [7, 11) is 0. The largest absolute Gasteiger partial charge is 0.444 e. The van der Waals surface area contributed by atoms with E-state index >= 15 is 0 Å². The summed E-state index contributed by atoms with van der Waals surface area (Å²) in [6.45, 7) is 3.56. The second-order valence-electron chi connectivity index (χ2n) is 3.86. The molecule has 15 heavy (non-hydrogen) atoms. The van der Waals surface area contributed by atoms with E-state index in [1.54, 1.807) is 0 Å². The van der Waals surface area contributed by atoms with Gasteiger partial charge in [-0.05, 0) is 25.5 Å². The average molecular weight is 205 g/mol. The zero-order valence-electron chi connectivity index (χ0n) is 8.85. The van der Waals surface area contributed by atoms with E-state index in [4.69, 9.17) is 4.74 Å². The van der Waals surface area contributed by atoms with E-state index < -0.39 is 0 Å². The van der Waals surface area contributed by atoms with E-state index in [1.165, 1.54) is 5.56 Å². The van der Waals surface area contributed by atoms with Crippen molar-refractivity contribution in [1.82, 2.24) is 0 Å². The lowest BCUT2D eigenvalue weighted by Crippen LogP contribution is -2.31. The average Bonchev–Trinajstić information content (AvgIpc) is 2.68. The fraction of sp³-hybridized carbons (Fsp3) is 0.417. The van der Waals surface area contributed by atoms with E-state index in [2.05, 4.69) is 36.1 Å². The Hall–Kier alpha value is -1.51. The lowest BCUT2D eigenvalue weighted by Gasteiger charge is -2.24. The van der Waals surface area contributed by atoms with E-state index in [9.17, 15) is 4.79 Å². The minimum absolute atomic E-state index is 0.0785. The molecule has 0 radical (unpaired) electrons. The Kier molecular flexibility index (Phi) is 2.90. The highest BCUT2D eigenvalue weighted by Gasteiger charge is 2.25. The number of hydrogen-bond donors (Lipinski definition) is 0. The minimum atomic E-state index is -0.0785. The molecule has 1 aliphatic rings. The van der Waals surface area contributed by atoms with Crippen LogP contribution >= 0.6 is 0 Å². The van der Waals surface area contributed by atoms with Gasteiger partial charge in [-0.2, -0.15) is 0 Å². The molecule has 1 heterocycles. The zero-order chi connectivity index (χ0) is 10.7. The number of ether oxygens (including phenoxy) is 1. The van der Waals surface area contributed by atoms with E-state index in [1.807, 2.05) is 0 Å². The van der Waals surface area contributed by atoms with Crippen molar-refractivity contribution in [3.05, 3.63) is 29.8 Å². The first-order chi connectivity index (χ1) is 7.31. The Balaban J connectivity index is 2.15. The van der Waals surface area contributed by atoms with Crippen LogP contribution in [0.5, 0.6) is 0 Å². The van der Waals surface area contributed by atoms with Crippen molar-refractivity contribution < 1.29 is 9.53 Å². The third kappa shape index (κ3) is 2.12. The van der Waals surface area contributed by atoms with Gasteiger partial charge in [0.15, 0.2) is 6.23 Å². The Morgan fingerprint density at radius 2 is 2.13 bits per heavy atom. The van der Waals surface area contributed by atoms with Crippen LogP contribution in [-0.4, -0.2) is 19.2 Å². The molecule has 0 aromatic heterocycles. The number of anilines is 1. The Morgan fingerprint density at radius 1 is 1.40 bits per heavy atom. The van der Waals surface area contributed by atoms with E-state index in [0.717, 1.165) is 25.1 Å². The molecule has 1 aromatic carbocycles. The summed E-state index contributed by atoms with van der Waals surface area (Å²) in [6, 6.07) is 8.29. The Morgan fingerprint density at radius 3 is 2.80 bits per heavy atom. The molecule has 80 valence electrons. The van der Waals surface area contributed by atoms with Crippen molar-refractivity contribution >= 4 is 12.2 Å². The predicted octanol–water partition coefficient (Wildman–Crippen LogP) is 2.09. The maximum absolute atomic E-state index is 10.3. The molecule has 1 aromatic rings. The van der Waals surface area contributed by atoms with Gasteiger partial charge in [-0.25, -0.2) is 0 Å². The van der Waals surface area contributed by atoms with Crippen molar-refractivity contribution in [2.75, 3.05) is 11.4 Å². The second kappa shape index (κ2) is 4.34. The maximum Gasteiger partial charge on any atom is 0.295 e. The van der Waals surface area contributed by atoms with Crippen molar-refractivity contribution in [2.45, 2.75) is 26.0 Å². The zero-order valence-corrected chi connectivity index (χ0v) is 8.85. The molecule has 0 bridgehead atoms. The molecule has 1 saturated heterocycles. The molecule has 0 N–H and O–H groups in total. The van der Waals surface area contributed by atoms with Crippen LogP contribution in [0.2, 0.25) is 0 Å². The molecule has 1 atom stereocenters. The maximum atomic E-state index is 10.3. The molecular weight excluding hydrogens is 190 g/mol. The van der Waals surface area contributed by atoms with Gasteiger partial charge in [0.25, 0.3) is 6.47 Å². The van der Waals surface area contributed by atoms with Gasteiger partial charge in [0.05, 0.1) is 0 Å². The third-order valence-electron chi connectivity index (χ3n) is 2.78. The molecule has 0 amide bonds. The summed E-state index contributed by atoms with van der Waals surface area (Å²) in [5, 5.41) is 0. The van der Waals surface area contributed by atoms with Crippen LogP contribution in [0.3, 0.4) is 0 Å². The highest BCUT2D eigenvalue weighted by atomic mass is 16.5. The lowest BCUT2D eigenvalue weighted by atomic mass is 10.2. The van der Waals surface area contributed by atoms with Crippen molar-refractivity contribution in [3.63, 3.8) is 0 Å². The van der Waals surface area contributed by atoms with Gasteiger partial charge in [0.1, 0.15) is 0 Å². The Bertz CT molecular complexity index is 334. The second-order valence-corrected chi connectivity index (χ2v) is 3.86. The summed E-state index contributed by atoms with van der Waals surface area (Å²) in [4.78, 5) is 12.5. The van der Waals surface area contributed by atoms with Gasteiger partial charge in [0, 0.05) is 18.7 Å². The number of carbonyl (C=O) groups excluding carboxylic acids is 1. The van der Waals surface area contributed by atoms with Crippen LogP contribution in [0, 0.1) is 6.92 Å². The number of aryl methyl sites for hydroxylation is 1. The first kappa shape index (κ1) is 10.0. The number of nitrogens with zero attached hydrogens (tertiary/aromatic N) is 1. The fourth-order valence-corrected chi connectivity index (χ4v) is 1.97. The van der Waals surface area contributed by atoms with Crippen molar-refractivity contribution in [2.24, 2.45) is 0 Å². The van der Waals surface area contributed by atoms with Crippen molar-refractivity contribution in [1.29, 1.82) is 0 Å². The number of rotatable bonds is 3. The standard InChI is InChI=1S/C12H15NO2/c1-10-4-6-11(7-5-10)13-8-2-3-12(13)15-9-14/h4-7,9,12H,2-3,8H2,1H3/t12-/m0/s1. The highest BCUT2D eigenvalue weighted by molar-refractivity contribution is 5.50. The summed E-state index contributed by atoms with van der Waals surface area (Å²) in [5.41, 5.74) is 2.37. The van der Waals surface area contributed by atoms with Crippen LogP contribution in [0.4, 0.5) is 5.69 Å². The van der Waals surface area contributed by atoms with Gasteiger partial charge in [-0.3, -0.25) is 4.79 Å². The van der Waals surface area contributed by atoms with Crippen LogP contribution in [-0.2, 0) is 9.53 Å². The number of hydrogen-bond acceptors (Lipinski definition) is 3.